The molecule has 0 radical (unpaired) electrons. The SMILES string of the molecule is C=CCN1C(=O)/C(=C/c2cc(Br)c(OCC(=O)OCC)c(I)c2)C(=O)NC1=S. The van der Waals surface area contributed by atoms with Crippen molar-refractivity contribution in [2.45, 2.75) is 6.92 Å². The summed E-state index contributed by atoms with van der Waals surface area (Å²) in [5.74, 6) is -1.07. The van der Waals surface area contributed by atoms with E-state index in [0.29, 0.717) is 19.4 Å². The summed E-state index contributed by atoms with van der Waals surface area (Å²) >= 11 is 10.5. The Balaban J connectivity index is 2.29. The summed E-state index contributed by atoms with van der Waals surface area (Å²) in [5, 5.41) is 2.54. The lowest BCUT2D eigenvalue weighted by atomic mass is 10.1. The highest BCUT2D eigenvalue weighted by Gasteiger charge is 2.32. The molecule has 2 amide bonds. The van der Waals surface area contributed by atoms with Gasteiger partial charge in [0.05, 0.1) is 14.6 Å². The molecule has 1 aliphatic rings. The third-order valence-corrected chi connectivity index (χ3v) is 5.18. The molecule has 1 fully saturated rings. The van der Waals surface area contributed by atoms with Crippen molar-refractivity contribution in [3.8, 4) is 5.75 Å². The van der Waals surface area contributed by atoms with Crippen LogP contribution >= 0.6 is 50.7 Å². The fourth-order valence-electron chi connectivity index (χ4n) is 2.29. The average Bonchev–Trinajstić information content (AvgIpc) is 2.61. The third kappa shape index (κ3) is 5.39. The minimum atomic E-state index is -0.566. The molecule has 1 aromatic carbocycles. The summed E-state index contributed by atoms with van der Waals surface area (Å²) in [6, 6.07) is 3.41. The largest absolute Gasteiger partial charge is 0.480 e. The molecule has 0 aliphatic carbocycles. The number of benzene rings is 1. The van der Waals surface area contributed by atoms with Gasteiger partial charge in [0.15, 0.2) is 11.7 Å². The zero-order valence-electron chi connectivity index (χ0n) is 14.8. The van der Waals surface area contributed by atoms with Gasteiger partial charge in [0.2, 0.25) is 0 Å². The van der Waals surface area contributed by atoms with Crippen LogP contribution in [0.1, 0.15) is 12.5 Å². The minimum Gasteiger partial charge on any atom is -0.480 e. The predicted molar refractivity (Wildman–Crippen MR) is 120 cm³/mol. The van der Waals surface area contributed by atoms with Gasteiger partial charge in [-0.3, -0.25) is 19.8 Å². The number of thiocarbonyl (C=S) groups is 1. The Morgan fingerprint density at radius 3 is 2.75 bits per heavy atom. The molecule has 0 spiro atoms. The Hall–Kier alpha value is -1.79. The van der Waals surface area contributed by atoms with Gasteiger partial charge in [0.1, 0.15) is 11.3 Å². The topological polar surface area (TPSA) is 84.9 Å². The summed E-state index contributed by atoms with van der Waals surface area (Å²) in [5.41, 5.74) is 0.558. The fraction of sp³-hybridized carbons (Fsp3) is 0.222. The van der Waals surface area contributed by atoms with Gasteiger partial charge >= 0.3 is 5.97 Å². The molecule has 10 heteroatoms. The first-order valence-corrected chi connectivity index (χ1v) is 10.3. The Morgan fingerprint density at radius 1 is 1.43 bits per heavy atom. The molecule has 1 aliphatic heterocycles. The zero-order valence-corrected chi connectivity index (χ0v) is 19.4. The van der Waals surface area contributed by atoms with E-state index in [0.717, 1.165) is 0 Å². The average molecular weight is 579 g/mol. The molecule has 0 aromatic heterocycles. The van der Waals surface area contributed by atoms with E-state index >= 15 is 0 Å². The molecule has 0 saturated carbocycles. The van der Waals surface area contributed by atoms with Gasteiger partial charge in [0.25, 0.3) is 11.8 Å². The number of halogens is 2. The van der Waals surface area contributed by atoms with Crippen LogP contribution in [0.25, 0.3) is 6.08 Å². The molecule has 1 saturated heterocycles. The number of ether oxygens (including phenoxy) is 2. The highest BCUT2D eigenvalue weighted by Crippen LogP contribution is 2.33. The van der Waals surface area contributed by atoms with Gasteiger partial charge in [-0.15, -0.1) is 6.58 Å². The van der Waals surface area contributed by atoms with Crippen molar-refractivity contribution in [1.29, 1.82) is 0 Å². The summed E-state index contributed by atoms with van der Waals surface area (Å²) < 4.78 is 11.6. The Kier molecular flexibility index (Phi) is 8.13. The van der Waals surface area contributed by atoms with Gasteiger partial charge in [-0.05, 0) is 81.4 Å². The predicted octanol–water partition coefficient (Wildman–Crippen LogP) is 2.81. The maximum Gasteiger partial charge on any atom is 0.344 e. The van der Waals surface area contributed by atoms with E-state index < -0.39 is 17.8 Å². The van der Waals surface area contributed by atoms with E-state index in [-0.39, 0.29) is 30.4 Å². The molecule has 148 valence electrons. The lowest BCUT2D eigenvalue weighted by Gasteiger charge is -2.27. The molecule has 0 unspecified atom stereocenters. The molecular formula is C18H16BrIN2O5S. The molecule has 1 aromatic rings. The zero-order chi connectivity index (χ0) is 20.8. The van der Waals surface area contributed by atoms with Crippen molar-refractivity contribution in [3.63, 3.8) is 0 Å². The Morgan fingerprint density at radius 2 is 2.14 bits per heavy atom. The Bertz CT molecular complexity index is 864. The van der Waals surface area contributed by atoms with E-state index in [1.165, 1.54) is 17.1 Å². The second-order valence-corrected chi connectivity index (χ2v) is 7.83. The van der Waals surface area contributed by atoms with Gasteiger partial charge < -0.3 is 9.47 Å². The van der Waals surface area contributed by atoms with E-state index in [2.05, 4.69) is 27.8 Å². The highest BCUT2D eigenvalue weighted by molar-refractivity contribution is 14.1. The van der Waals surface area contributed by atoms with Crippen molar-refractivity contribution < 1.29 is 23.9 Å². The van der Waals surface area contributed by atoms with E-state index in [4.69, 9.17) is 21.7 Å². The molecular weight excluding hydrogens is 563 g/mol. The molecule has 0 bridgehead atoms. The Labute approximate surface area is 189 Å². The highest BCUT2D eigenvalue weighted by atomic mass is 127. The van der Waals surface area contributed by atoms with Crippen LogP contribution in [0.15, 0.2) is 34.8 Å². The molecule has 2 rings (SSSR count). The van der Waals surface area contributed by atoms with Crippen LogP contribution in [0.4, 0.5) is 0 Å². The number of rotatable bonds is 7. The van der Waals surface area contributed by atoms with Crippen LogP contribution in [0.2, 0.25) is 0 Å². The van der Waals surface area contributed by atoms with Crippen LogP contribution < -0.4 is 10.1 Å². The van der Waals surface area contributed by atoms with Gasteiger partial charge in [-0.1, -0.05) is 6.08 Å². The lowest BCUT2D eigenvalue weighted by Crippen LogP contribution is -2.53. The summed E-state index contributed by atoms with van der Waals surface area (Å²) in [4.78, 5) is 37.5. The third-order valence-electron chi connectivity index (χ3n) is 3.47. The first-order chi connectivity index (χ1) is 13.3. The minimum absolute atomic E-state index is 0.0432. The van der Waals surface area contributed by atoms with E-state index in [1.807, 2.05) is 22.6 Å². The number of hydrogen-bond acceptors (Lipinski definition) is 6. The van der Waals surface area contributed by atoms with Crippen LogP contribution in [-0.2, 0) is 19.1 Å². The number of nitrogens with one attached hydrogen (secondary N) is 1. The number of carbonyl (C=O) groups excluding carboxylic acids is 3. The first-order valence-electron chi connectivity index (χ1n) is 8.05. The summed E-state index contributed by atoms with van der Waals surface area (Å²) in [6.07, 6.45) is 2.99. The number of esters is 1. The van der Waals surface area contributed by atoms with Crippen LogP contribution in [0, 0.1) is 3.57 Å². The van der Waals surface area contributed by atoms with Gasteiger partial charge in [0, 0.05) is 6.54 Å². The molecule has 0 atom stereocenters. The van der Waals surface area contributed by atoms with Crippen LogP contribution in [0.5, 0.6) is 5.75 Å². The number of nitrogens with zero attached hydrogens (tertiary/aromatic N) is 1. The molecule has 1 heterocycles. The number of carbonyl (C=O) groups is 3. The summed E-state index contributed by atoms with van der Waals surface area (Å²) in [6.45, 7) is 5.54. The molecule has 28 heavy (non-hydrogen) atoms. The second kappa shape index (κ2) is 10.1. The smallest absolute Gasteiger partial charge is 0.344 e. The number of hydrogen-bond donors (Lipinski definition) is 1. The number of amides is 2. The molecule has 1 N–H and O–H groups in total. The first kappa shape index (κ1) is 22.5. The monoisotopic (exact) mass is 578 g/mol. The normalized spacial score (nSPS) is 15.5. The van der Waals surface area contributed by atoms with Crippen LogP contribution in [0.3, 0.4) is 0 Å². The van der Waals surface area contributed by atoms with E-state index in [1.54, 1.807) is 19.1 Å². The standard InChI is InChI=1S/C18H16BrIN2O5S/c1-3-5-22-17(25)11(16(24)21-18(22)28)6-10-7-12(19)15(13(20)8-10)27-9-14(23)26-4-2/h3,6-8H,1,4-5,9H2,2H3,(H,21,24,28)/b11-6+. The summed E-state index contributed by atoms with van der Waals surface area (Å²) in [7, 11) is 0. The van der Waals surface area contributed by atoms with Crippen molar-refractivity contribution >= 4 is 79.7 Å². The maximum absolute atomic E-state index is 12.6. The van der Waals surface area contributed by atoms with Crippen LogP contribution in [-0.4, -0.2) is 47.6 Å². The quantitative estimate of drug-likeness (QED) is 0.134. The maximum atomic E-state index is 12.6. The molecule has 7 nitrogen and oxygen atoms in total. The van der Waals surface area contributed by atoms with Crippen molar-refractivity contribution in [1.82, 2.24) is 10.2 Å². The van der Waals surface area contributed by atoms with Gasteiger partial charge in [-0.25, -0.2) is 4.79 Å². The van der Waals surface area contributed by atoms with Crippen molar-refractivity contribution in [2.24, 2.45) is 0 Å². The van der Waals surface area contributed by atoms with Crippen molar-refractivity contribution in [2.75, 3.05) is 19.8 Å². The van der Waals surface area contributed by atoms with Crippen molar-refractivity contribution in [3.05, 3.63) is 44.0 Å². The van der Waals surface area contributed by atoms with Gasteiger partial charge in [-0.2, -0.15) is 0 Å². The second-order valence-electron chi connectivity index (χ2n) is 5.43. The lowest BCUT2D eigenvalue weighted by molar-refractivity contribution is -0.145. The fourth-order valence-corrected chi connectivity index (χ4v) is 4.31. The van der Waals surface area contributed by atoms with E-state index in [9.17, 15) is 14.4 Å².